The Kier molecular flexibility index (Phi) is 3.09. The molecule has 0 radical (unpaired) electrons. The third-order valence-electron chi connectivity index (χ3n) is 3.06. The highest BCUT2D eigenvalue weighted by molar-refractivity contribution is 5.45. The molecule has 1 aromatic rings. The lowest BCUT2D eigenvalue weighted by Crippen LogP contribution is -2.20. The summed E-state index contributed by atoms with van der Waals surface area (Å²) in [6.45, 7) is 4.52. The summed E-state index contributed by atoms with van der Waals surface area (Å²) in [5.41, 5.74) is 5.68. The van der Waals surface area contributed by atoms with Gasteiger partial charge in [-0.15, -0.1) is 0 Å². The summed E-state index contributed by atoms with van der Waals surface area (Å²) in [4.78, 5) is 6.70. The van der Waals surface area contributed by atoms with Crippen molar-refractivity contribution in [2.24, 2.45) is 5.92 Å². The summed E-state index contributed by atoms with van der Waals surface area (Å²) in [6.07, 6.45) is 3.91. The molecule has 0 aromatic carbocycles. The van der Waals surface area contributed by atoms with E-state index in [0.717, 1.165) is 24.8 Å². The third kappa shape index (κ3) is 2.41. The highest BCUT2D eigenvalue weighted by Gasteiger charge is 2.22. The maximum absolute atomic E-state index is 5.68. The maximum atomic E-state index is 5.68. The van der Waals surface area contributed by atoms with E-state index in [2.05, 4.69) is 16.8 Å². The Morgan fingerprint density at radius 3 is 3.13 bits per heavy atom. The molecule has 1 aromatic heterocycles. The molecule has 1 aliphatic rings. The molecular formula is C12H19N3. The van der Waals surface area contributed by atoms with Crippen LogP contribution in [-0.2, 0) is 0 Å². The first kappa shape index (κ1) is 10.3. The molecule has 2 heterocycles. The van der Waals surface area contributed by atoms with Gasteiger partial charge in [0.2, 0.25) is 0 Å². The van der Waals surface area contributed by atoms with E-state index in [4.69, 9.17) is 5.73 Å². The average molecular weight is 205 g/mol. The summed E-state index contributed by atoms with van der Waals surface area (Å²) < 4.78 is 0. The minimum Gasteiger partial charge on any atom is -0.384 e. The van der Waals surface area contributed by atoms with E-state index in [0.29, 0.717) is 5.82 Å². The Morgan fingerprint density at radius 1 is 1.53 bits per heavy atom. The molecule has 1 saturated heterocycles. The number of hydrogen-bond acceptors (Lipinski definition) is 3. The van der Waals surface area contributed by atoms with Crippen molar-refractivity contribution in [1.29, 1.82) is 0 Å². The molecule has 1 aliphatic heterocycles. The molecule has 2 rings (SSSR count). The lowest BCUT2D eigenvalue weighted by atomic mass is 10.0. The molecule has 0 amide bonds. The average Bonchev–Trinajstić information content (AvgIpc) is 2.67. The zero-order valence-electron chi connectivity index (χ0n) is 9.32. The molecule has 3 nitrogen and oxygen atoms in total. The Bertz CT molecular complexity index is 324. The van der Waals surface area contributed by atoms with Gasteiger partial charge in [-0.1, -0.05) is 19.4 Å². The van der Waals surface area contributed by atoms with Gasteiger partial charge in [0.1, 0.15) is 11.6 Å². The molecule has 1 atom stereocenters. The molecule has 0 bridgehead atoms. The summed E-state index contributed by atoms with van der Waals surface area (Å²) in [5.74, 6) is 2.50. The van der Waals surface area contributed by atoms with Gasteiger partial charge >= 0.3 is 0 Å². The van der Waals surface area contributed by atoms with Crippen molar-refractivity contribution in [2.45, 2.75) is 26.2 Å². The zero-order valence-corrected chi connectivity index (χ0v) is 9.32. The van der Waals surface area contributed by atoms with Crippen LogP contribution >= 0.6 is 0 Å². The standard InChI is InChI=1S/C12H19N3/c1-2-4-10-7-8-15(9-10)12-6-3-5-11(13)14-12/h3,5-6,10H,2,4,7-9H2,1H3,(H2,13,14). The van der Waals surface area contributed by atoms with Crippen molar-refractivity contribution in [1.82, 2.24) is 4.98 Å². The van der Waals surface area contributed by atoms with Crippen molar-refractivity contribution in [3.8, 4) is 0 Å². The molecular weight excluding hydrogens is 186 g/mol. The van der Waals surface area contributed by atoms with E-state index in [1.54, 1.807) is 0 Å². The second-order valence-corrected chi connectivity index (χ2v) is 4.31. The molecule has 0 aliphatic carbocycles. The minimum absolute atomic E-state index is 0.617. The van der Waals surface area contributed by atoms with Crippen molar-refractivity contribution < 1.29 is 0 Å². The van der Waals surface area contributed by atoms with Crippen LogP contribution in [0.1, 0.15) is 26.2 Å². The van der Waals surface area contributed by atoms with Crippen molar-refractivity contribution in [3.05, 3.63) is 18.2 Å². The van der Waals surface area contributed by atoms with Gasteiger partial charge in [-0.05, 0) is 30.9 Å². The first-order valence-electron chi connectivity index (χ1n) is 5.77. The van der Waals surface area contributed by atoms with Crippen molar-refractivity contribution in [3.63, 3.8) is 0 Å². The number of nitrogen functional groups attached to an aromatic ring is 1. The fourth-order valence-electron chi connectivity index (χ4n) is 2.30. The van der Waals surface area contributed by atoms with Crippen LogP contribution in [-0.4, -0.2) is 18.1 Å². The van der Waals surface area contributed by atoms with E-state index < -0.39 is 0 Å². The molecule has 1 fully saturated rings. The van der Waals surface area contributed by atoms with Gasteiger partial charge < -0.3 is 10.6 Å². The first-order chi connectivity index (χ1) is 7.29. The molecule has 2 N–H and O–H groups in total. The Morgan fingerprint density at radius 2 is 2.40 bits per heavy atom. The zero-order chi connectivity index (χ0) is 10.7. The molecule has 1 unspecified atom stereocenters. The van der Waals surface area contributed by atoms with Gasteiger partial charge in [-0.2, -0.15) is 0 Å². The SMILES string of the molecule is CCCC1CCN(c2cccc(N)n2)C1. The number of nitrogens with two attached hydrogens (primary N) is 1. The van der Waals surface area contributed by atoms with Crippen LogP contribution in [0.25, 0.3) is 0 Å². The smallest absolute Gasteiger partial charge is 0.130 e. The van der Waals surface area contributed by atoms with Crippen LogP contribution < -0.4 is 10.6 Å². The van der Waals surface area contributed by atoms with Gasteiger partial charge in [-0.3, -0.25) is 0 Å². The minimum atomic E-state index is 0.617. The Balaban J connectivity index is 2.01. The highest BCUT2D eigenvalue weighted by Crippen LogP contribution is 2.25. The maximum Gasteiger partial charge on any atom is 0.130 e. The number of aromatic nitrogens is 1. The fourth-order valence-corrected chi connectivity index (χ4v) is 2.30. The normalized spacial score (nSPS) is 20.9. The van der Waals surface area contributed by atoms with Crippen LogP contribution in [0.4, 0.5) is 11.6 Å². The van der Waals surface area contributed by atoms with E-state index in [1.807, 2.05) is 18.2 Å². The summed E-state index contributed by atoms with van der Waals surface area (Å²) in [5, 5.41) is 0. The molecule has 0 spiro atoms. The summed E-state index contributed by atoms with van der Waals surface area (Å²) in [6, 6.07) is 5.86. The monoisotopic (exact) mass is 205 g/mol. The van der Waals surface area contributed by atoms with Gasteiger partial charge in [-0.25, -0.2) is 4.98 Å². The van der Waals surface area contributed by atoms with Crippen LogP contribution in [0, 0.1) is 5.92 Å². The van der Waals surface area contributed by atoms with Gasteiger partial charge in [0.15, 0.2) is 0 Å². The summed E-state index contributed by atoms with van der Waals surface area (Å²) in [7, 11) is 0. The predicted octanol–water partition coefficient (Wildman–Crippen LogP) is 2.29. The number of anilines is 2. The van der Waals surface area contributed by atoms with Crippen molar-refractivity contribution in [2.75, 3.05) is 23.7 Å². The lowest BCUT2D eigenvalue weighted by molar-refractivity contribution is 0.529. The molecule has 3 heteroatoms. The lowest BCUT2D eigenvalue weighted by Gasteiger charge is -2.17. The van der Waals surface area contributed by atoms with Crippen LogP contribution in [0.2, 0.25) is 0 Å². The van der Waals surface area contributed by atoms with Gasteiger partial charge in [0.05, 0.1) is 0 Å². The van der Waals surface area contributed by atoms with Crippen LogP contribution in [0.5, 0.6) is 0 Å². The van der Waals surface area contributed by atoms with E-state index >= 15 is 0 Å². The number of nitrogens with zero attached hydrogens (tertiary/aromatic N) is 2. The van der Waals surface area contributed by atoms with Crippen LogP contribution in [0.3, 0.4) is 0 Å². The predicted molar refractivity (Wildman–Crippen MR) is 63.9 cm³/mol. The second kappa shape index (κ2) is 4.51. The van der Waals surface area contributed by atoms with Gasteiger partial charge in [0, 0.05) is 13.1 Å². The highest BCUT2D eigenvalue weighted by atomic mass is 15.2. The third-order valence-corrected chi connectivity index (χ3v) is 3.06. The Labute approximate surface area is 91.3 Å². The van der Waals surface area contributed by atoms with Crippen LogP contribution in [0.15, 0.2) is 18.2 Å². The topological polar surface area (TPSA) is 42.1 Å². The van der Waals surface area contributed by atoms with E-state index in [9.17, 15) is 0 Å². The molecule has 0 saturated carbocycles. The van der Waals surface area contributed by atoms with Gasteiger partial charge in [0.25, 0.3) is 0 Å². The molecule has 82 valence electrons. The number of pyridine rings is 1. The quantitative estimate of drug-likeness (QED) is 0.823. The second-order valence-electron chi connectivity index (χ2n) is 4.31. The van der Waals surface area contributed by atoms with Crippen molar-refractivity contribution >= 4 is 11.6 Å². The largest absolute Gasteiger partial charge is 0.384 e. The number of hydrogen-bond donors (Lipinski definition) is 1. The molecule has 15 heavy (non-hydrogen) atoms. The van der Waals surface area contributed by atoms with E-state index in [-0.39, 0.29) is 0 Å². The Hall–Kier alpha value is -1.25. The van der Waals surface area contributed by atoms with E-state index in [1.165, 1.54) is 19.3 Å². The fraction of sp³-hybridized carbons (Fsp3) is 0.583. The summed E-state index contributed by atoms with van der Waals surface area (Å²) >= 11 is 0. The number of rotatable bonds is 3. The first-order valence-corrected chi connectivity index (χ1v) is 5.77.